The monoisotopic (exact) mass is 290 g/mol. The third-order valence-corrected chi connectivity index (χ3v) is 3.63. The fraction of sp³-hybridized carbons (Fsp3) is 0.846. The molecule has 19 heavy (non-hydrogen) atoms. The molecule has 1 aliphatic heterocycles. The van der Waals surface area contributed by atoms with Gasteiger partial charge in [0.05, 0.1) is 13.5 Å². The van der Waals surface area contributed by atoms with Crippen molar-refractivity contribution in [2.24, 2.45) is 0 Å². The van der Waals surface area contributed by atoms with Gasteiger partial charge in [-0.2, -0.15) is 0 Å². The quantitative estimate of drug-likeness (QED) is 0.400. The summed E-state index contributed by atoms with van der Waals surface area (Å²) in [7, 11) is 1.40. The van der Waals surface area contributed by atoms with Crippen molar-refractivity contribution in [2.75, 3.05) is 45.7 Å². The van der Waals surface area contributed by atoms with Crippen LogP contribution in [0.1, 0.15) is 25.7 Å². The number of amides is 1. The normalized spacial score (nSPS) is 16.4. The van der Waals surface area contributed by atoms with E-state index in [2.05, 4.69) is 9.64 Å². The summed E-state index contributed by atoms with van der Waals surface area (Å²) in [5.41, 5.74) is 0. The number of carbonyl (C=O) groups is 2. The zero-order valence-corrected chi connectivity index (χ0v) is 12.3. The first-order valence-electron chi connectivity index (χ1n) is 6.80. The van der Waals surface area contributed by atoms with Crippen molar-refractivity contribution in [2.45, 2.75) is 25.7 Å². The lowest BCUT2D eigenvalue weighted by Crippen LogP contribution is -2.49. The van der Waals surface area contributed by atoms with Crippen LogP contribution in [0.25, 0.3) is 0 Å². The van der Waals surface area contributed by atoms with E-state index in [0.29, 0.717) is 25.3 Å². The maximum Gasteiger partial charge on any atom is 0.306 e. The van der Waals surface area contributed by atoms with Crippen LogP contribution in [0, 0.1) is 0 Å². The molecule has 110 valence electrons. The molecule has 1 aliphatic rings. The molecular formula is C13H23ClN2O3. The fourth-order valence-electron chi connectivity index (χ4n) is 2.10. The number of rotatable bonds is 7. The van der Waals surface area contributed by atoms with Crippen molar-refractivity contribution in [3.63, 3.8) is 0 Å². The molecule has 0 atom stereocenters. The number of nitrogens with zero attached hydrogens (tertiary/aromatic N) is 2. The Bertz CT molecular complexity index is 292. The van der Waals surface area contributed by atoms with Crippen molar-refractivity contribution in [3.8, 4) is 0 Å². The van der Waals surface area contributed by atoms with Crippen LogP contribution in [-0.4, -0.2) is 67.4 Å². The van der Waals surface area contributed by atoms with E-state index in [-0.39, 0.29) is 11.9 Å². The summed E-state index contributed by atoms with van der Waals surface area (Å²) in [5, 5.41) is 0. The van der Waals surface area contributed by atoms with Crippen LogP contribution in [0.5, 0.6) is 0 Å². The van der Waals surface area contributed by atoms with Gasteiger partial charge in [0.2, 0.25) is 5.91 Å². The van der Waals surface area contributed by atoms with E-state index >= 15 is 0 Å². The average molecular weight is 291 g/mol. The van der Waals surface area contributed by atoms with Crippen LogP contribution >= 0.6 is 11.6 Å². The highest BCUT2D eigenvalue weighted by molar-refractivity contribution is 6.17. The highest BCUT2D eigenvalue weighted by atomic mass is 35.5. The first kappa shape index (κ1) is 16.2. The van der Waals surface area contributed by atoms with Crippen LogP contribution in [-0.2, 0) is 14.3 Å². The molecule has 0 N–H and O–H groups in total. The number of hydrogen-bond acceptors (Lipinski definition) is 4. The molecule has 0 aromatic heterocycles. The van der Waals surface area contributed by atoms with Crippen LogP contribution in [0.15, 0.2) is 0 Å². The zero-order chi connectivity index (χ0) is 14.1. The van der Waals surface area contributed by atoms with E-state index in [1.54, 1.807) is 0 Å². The van der Waals surface area contributed by atoms with Crippen LogP contribution in [0.3, 0.4) is 0 Å². The number of methoxy groups -OCH3 is 1. The zero-order valence-electron chi connectivity index (χ0n) is 11.6. The Kier molecular flexibility index (Phi) is 7.82. The minimum absolute atomic E-state index is 0.181. The van der Waals surface area contributed by atoms with Gasteiger partial charge < -0.3 is 9.64 Å². The highest BCUT2D eigenvalue weighted by Crippen LogP contribution is 2.07. The fourth-order valence-corrected chi connectivity index (χ4v) is 2.29. The van der Waals surface area contributed by atoms with Crippen LogP contribution in [0.2, 0.25) is 0 Å². The van der Waals surface area contributed by atoms with Gasteiger partial charge in [-0.25, -0.2) is 0 Å². The molecule has 1 saturated heterocycles. The van der Waals surface area contributed by atoms with Gasteiger partial charge in [-0.3, -0.25) is 14.5 Å². The lowest BCUT2D eigenvalue weighted by Gasteiger charge is -2.34. The summed E-state index contributed by atoms with van der Waals surface area (Å²) in [6.45, 7) is 3.87. The molecule has 5 nitrogen and oxygen atoms in total. The molecule has 0 aromatic rings. The van der Waals surface area contributed by atoms with Crippen molar-refractivity contribution >= 4 is 23.5 Å². The molecule has 0 bridgehead atoms. The number of alkyl halides is 1. The molecule has 1 heterocycles. The molecule has 0 aromatic carbocycles. The maximum absolute atomic E-state index is 11.9. The summed E-state index contributed by atoms with van der Waals surface area (Å²) >= 11 is 5.59. The van der Waals surface area contributed by atoms with E-state index in [0.717, 1.165) is 39.0 Å². The molecule has 1 fully saturated rings. The molecular weight excluding hydrogens is 268 g/mol. The molecule has 1 amide bonds. The van der Waals surface area contributed by atoms with Crippen LogP contribution < -0.4 is 0 Å². The minimum Gasteiger partial charge on any atom is -0.469 e. The van der Waals surface area contributed by atoms with E-state index in [9.17, 15) is 9.59 Å². The number of unbranched alkanes of at least 4 members (excludes halogenated alkanes) is 1. The number of halogens is 1. The van der Waals surface area contributed by atoms with Gasteiger partial charge in [0, 0.05) is 45.0 Å². The van der Waals surface area contributed by atoms with Gasteiger partial charge in [-0.15, -0.1) is 11.6 Å². The van der Waals surface area contributed by atoms with Gasteiger partial charge in [0.1, 0.15) is 0 Å². The Morgan fingerprint density at radius 2 is 1.79 bits per heavy atom. The summed E-state index contributed by atoms with van der Waals surface area (Å²) in [6, 6.07) is 0. The second kappa shape index (κ2) is 9.15. The smallest absolute Gasteiger partial charge is 0.306 e. The van der Waals surface area contributed by atoms with Crippen molar-refractivity contribution in [1.82, 2.24) is 9.80 Å². The number of ether oxygens (including phenoxy) is 1. The highest BCUT2D eigenvalue weighted by Gasteiger charge is 2.20. The number of piperazine rings is 1. The lowest BCUT2D eigenvalue weighted by atomic mass is 10.2. The molecule has 6 heteroatoms. The Morgan fingerprint density at radius 1 is 1.11 bits per heavy atom. The maximum atomic E-state index is 11.9. The van der Waals surface area contributed by atoms with Crippen LogP contribution in [0.4, 0.5) is 0 Å². The average Bonchev–Trinajstić information content (AvgIpc) is 2.45. The van der Waals surface area contributed by atoms with Crippen molar-refractivity contribution < 1.29 is 14.3 Å². The van der Waals surface area contributed by atoms with Gasteiger partial charge in [0.15, 0.2) is 0 Å². The third kappa shape index (κ3) is 6.25. The third-order valence-electron chi connectivity index (χ3n) is 3.36. The molecule has 0 aliphatic carbocycles. The van der Waals surface area contributed by atoms with Gasteiger partial charge in [-0.05, 0) is 12.8 Å². The standard InChI is InChI=1S/C13H23ClN2O3/c1-19-13(18)5-7-15-8-10-16(11-9-15)12(17)4-2-3-6-14/h2-11H2,1H3. The predicted molar refractivity (Wildman–Crippen MR) is 74.2 cm³/mol. The number of hydrogen-bond donors (Lipinski definition) is 0. The summed E-state index contributed by atoms with van der Waals surface area (Å²) in [5.74, 6) is 0.659. The van der Waals surface area contributed by atoms with E-state index in [4.69, 9.17) is 11.6 Å². The van der Waals surface area contributed by atoms with Crippen molar-refractivity contribution in [3.05, 3.63) is 0 Å². The number of carbonyl (C=O) groups excluding carboxylic acids is 2. The molecule has 0 saturated carbocycles. The Balaban J connectivity index is 2.17. The first-order chi connectivity index (χ1) is 9.17. The summed E-state index contributed by atoms with van der Waals surface area (Å²) < 4.78 is 4.61. The lowest BCUT2D eigenvalue weighted by molar-refractivity contribution is -0.141. The van der Waals surface area contributed by atoms with Gasteiger partial charge >= 0.3 is 5.97 Å². The van der Waals surface area contributed by atoms with Crippen molar-refractivity contribution in [1.29, 1.82) is 0 Å². The Morgan fingerprint density at radius 3 is 2.37 bits per heavy atom. The Labute approximate surface area is 119 Å². The molecule has 0 unspecified atom stereocenters. The molecule has 0 radical (unpaired) electrons. The minimum atomic E-state index is -0.181. The predicted octanol–water partition coefficient (Wildman–Crippen LogP) is 1.10. The van der Waals surface area contributed by atoms with Gasteiger partial charge in [-0.1, -0.05) is 0 Å². The summed E-state index contributed by atoms with van der Waals surface area (Å²) in [4.78, 5) is 27.0. The van der Waals surface area contributed by atoms with E-state index in [1.165, 1.54) is 7.11 Å². The largest absolute Gasteiger partial charge is 0.469 e. The Hall–Kier alpha value is -0.810. The SMILES string of the molecule is COC(=O)CCN1CCN(C(=O)CCCCCl)CC1. The topological polar surface area (TPSA) is 49.9 Å². The first-order valence-corrected chi connectivity index (χ1v) is 7.33. The molecule has 1 rings (SSSR count). The molecule has 0 spiro atoms. The second-order valence-electron chi connectivity index (χ2n) is 4.69. The van der Waals surface area contributed by atoms with E-state index in [1.807, 2.05) is 4.90 Å². The van der Waals surface area contributed by atoms with Gasteiger partial charge in [0.25, 0.3) is 0 Å². The summed E-state index contributed by atoms with van der Waals surface area (Å²) in [6.07, 6.45) is 2.77. The van der Waals surface area contributed by atoms with E-state index < -0.39 is 0 Å². The second-order valence-corrected chi connectivity index (χ2v) is 5.07. The number of esters is 1.